The third kappa shape index (κ3) is 1.84. The van der Waals surface area contributed by atoms with Crippen molar-refractivity contribution in [1.29, 1.82) is 0 Å². The van der Waals surface area contributed by atoms with Gasteiger partial charge < -0.3 is 5.73 Å². The molecule has 0 amide bonds. The molecule has 5 heteroatoms. The number of rotatable bonds is 3. The molecule has 3 nitrogen and oxygen atoms in total. The van der Waals surface area contributed by atoms with Crippen LogP contribution in [0.2, 0.25) is 0 Å². The molecule has 74 valence electrons. The summed E-state index contributed by atoms with van der Waals surface area (Å²) in [6, 6.07) is 2.10. The summed E-state index contributed by atoms with van der Waals surface area (Å²) in [7, 11) is 0. The number of aryl methyl sites for hydroxylation is 1. The number of hydrogen-bond donors (Lipinski definition) is 1. The van der Waals surface area contributed by atoms with Crippen molar-refractivity contribution < 1.29 is 0 Å². The molecule has 0 atom stereocenters. The van der Waals surface area contributed by atoms with Crippen molar-refractivity contribution in [3.63, 3.8) is 0 Å². The zero-order valence-corrected chi connectivity index (χ0v) is 9.49. The van der Waals surface area contributed by atoms with Gasteiger partial charge in [-0.15, -0.1) is 21.5 Å². The van der Waals surface area contributed by atoms with Gasteiger partial charge in [0.05, 0.1) is 4.88 Å². The molecule has 0 unspecified atom stereocenters. The molecule has 0 fully saturated rings. The molecule has 0 aromatic carbocycles. The lowest BCUT2D eigenvalue weighted by atomic mass is 10.3. The van der Waals surface area contributed by atoms with Crippen molar-refractivity contribution in [2.75, 3.05) is 6.54 Å². The minimum atomic E-state index is 0.637. The van der Waals surface area contributed by atoms with Crippen LogP contribution in [0.15, 0.2) is 11.4 Å². The Hall–Kier alpha value is -0.780. The van der Waals surface area contributed by atoms with Gasteiger partial charge in [0.2, 0.25) is 0 Å². The molecule has 0 aliphatic heterocycles. The highest BCUT2D eigenvalue weighted by Crippen LogP contribution is 2.31. The van der Waals surface area contributed by atoms with Crippen LogP contribution in [0.4, 0.5) is 0 Å². The number of hydrogen-bond acceptors (Lipinski definition) is 5. The van der Waals surface area contributed by atoms with E-state index in [2.05, 4.69) is 28.6 Å². The molecule has 0 saturated heterocycles. The minimum absolute atomic E-state index is 0.637. The number of nitrogens with zero attached hydrogens (tertiary/aromatic N) is 2. The average Bonchev–Trinajstić information content (AvgIpc) is 2.74. The number of nitrogens with two attached hydrogens (primary N) is 1. The molecular weight excluding hydrogens is 214 g/mol. The van der Waals surface area contributed by atoms with Crippen molar-refractivity contribution in [2.45, 2.75) is 13.3 Å². The molecule has 2 N–H and O–H groups in total. The molecule has 2 aromatic heterocycles. The summed E-state index contributed by atoms with van der Waals surface area (Å²) in [6.45, 7) is 2.73. The van der Waals surface area contributed by atoms with Gasteiger partial charge in [0.1, 0.15) is 5.01 Å². The summed E-state index contributed by atoms with van der Waals surface area (Å²) in [4.78, 5) is 1.23. The van der Waals surface area contributed by atoms with E-state index in [1.165, 1.54) is 10.4 Å². The van der Waals surface area contributed by atoms with Crippen LogP contribution in [0.1, 0.15) is 10.6 Å². The van der Waals surface area contributed by atoms with E-state index in [4.69, 9.17) is 5.73 Å². The predicted octanol–water partition coefficient (Wildman–Crippen LogP) is 2.08. The maximum Gasteiger partial charge on any atom is 0.158 e. The van der Waals surface area contributed by atoms with Gasteiger partial charge in [-0.3, -0.25) is 0 Å². The molecule has 0 bridgehead atoms. The molecule has 0 aliphatic rings. The lowest BCUT2D eigenvalue weighted by Gasteiger charge is -1.90. The summed E-state index contributed by atoms with van der Waals surface area (Å²) in [6.07, 6.45) is 0.822. The van der Waals surface area contributed by atoms with Gasteiger partial charge in [0.25, 0.3) is 0 Å². The summed E-state index contributed by atoms with van der Waals surface area (Å²) >= 11 is 3.35. The second-order valence-corrected chi connectivity index (χ2v) is 4.95. The average molecular weight is 225 g/mol. The Labute approximate surface area is 90.6 Å². The van der Waals surface area contributed by atoms with Crippen LogP contribution in [0.3, 0.4) is 0 Å². The van der Waals surface area contributed by atoms with E-state index in [-0.39, 0.29) is 0 Å². The minimum Gasteiger partial charge on any atom is -0.330 e. The Bertz CT molecular complexity index is 419. The fourth-order valence-corrected chi connectivity index (χ4v) is 3.09. The van der Waals surface area contributed by atoms with Crippen molar-refractivity contribution in [1.82, 2.24) is 10.2 Å². The topological polar surface area (TPSA) is 51.8 Å². The molecule has 2 rings (SSSR count). The van der Waals surface area contributed by atoms with Crippen LogP contribution in [0, 0.1) is 6.92 Å². The molecule has 0 spiro atoms. The highest BCUT2D eigenvalue weighted by molar-refractivity contribution is 7.20. The van der Waals surface area contributed by atoms with Gasteiger partial charge in [-0.1, -0.05) is 11.3 Å². The van der Waals surface area contributed by atoms with Crippen LogP contribution in [-0.2, 0) is 6.42 Å². The standard InChI is InChI=1S/C9H11N3S2/c1-6-3-5-13-8(6)9-12-11-7(14-9)2-4-10/h3,5H,2,4,10H2,1H3. The Morgan fingerprint density at radius 2 is 2.29 bits per heavy atom. The van der Waals surface area contributed by atoms with Crippen molar-refractivity contribution in [3.05, 3.63) is 22.0 Å². The first-order valence-corrected chi connectivity index (χ1v) is 6.08. The van der Waals surface area contributed by atoms with Gasteiger partial charge in [-0.05, 0) is 30.5 Å². The van der Waals surface area contributed by atoms with Gasteiger partial charge in [-0.25, -0.2) is 0 Å². The van der Waals surface area contributed by atoms with Gasteiger partial charge in [0.15, 0.2) is 5.01 Å². The first-order valence-electron chi connectivity index (χ1n) is 4.38. The third-order valence-electron chi connectivity index (χ3n) is 1.88. The van der Waals surface area contributed by atoms with E-state index in [1.54, 1.807) is 22.7 Å². The van der Waals surface area contributed by atoms with Gasteiger partial charge in [-0.2, -0.15) is 0 Å². The fraction of sp³-hybridized carbons (Fsp3) is 0.333. The van der Waals surface area contributed by atoms with E-state index in [0.29, 0.717) is 6.54 Å². The molecule has 2 aromatic rings. The highest BCUT2D eigenvalue weighted by atomic mass is 32.1. The molecule has 2 heterocycles. The van der Waals surface area contributed by atoms with Crippen LogP contribution in [0.5, 0.6) is 0 Å². The van der Waals surface area contributed by atoms with Crippen molar-refractivity contribution in [2.24, 2.45) is 5.73 Å². The number of thiophene rings is 1. The third-order valence-corrected chi connectivity index (χ3v) is 4.03. The van der Waals surface area contributed by atoms with Crippen LogP contribution < -0.4 is 5.73 Å². The predicted molar refractivity (Wildman–Crippen MR) is 60.7 cm³/mol. The molecule has 0 saturated carbocycles. The van der Waals surface area contributed by atoms with Gasteiger partial charge in [0, 0.05) is 6.42 Å². The zero-order chi connectivity index (χ0) is 9.97. The lowest BCUT2D eigenvalue weighted by molar-refractivity contribution is 0.913. The lowest BCUT2D eigenvalue weighted by Crippen LogP contribution is -2.01. The first-order chi connectivity index (χ1) is 6.81. The highest BCUT2D eigenvalue weighted by Gasteiger charge is 2.09. The van der Waals surface area contributed by atoms with E-state index >= 15 is 0 Å². The summed E-state index contributed by atoms with van der Waals surface area (Å²) in [5.74, 6) is 0. The Morgan fingerprint density at radius 1 is 1.43 bits per heavy atom. The molecule has 0 radical (unpaired) electrons. The van der Waals surface area contributed by atoms with E-state index in [1.807, 2.05) is 0 Å². The quantitative estimate of drug-likeness (QED) is 0.870. The second-order valence-electron chi connectivity index (χ2n) is 2.97. The van der Waals surface area contributed by atoms with Gasteiger partial charge >= 0.3 is 0 Å². The summed E-state index contributed by atoms with van der Waals surface area (Å²) < 4.78 is 0. The fourth-order valence-electron chi connectivity index (χ4n) is 1.16. The van der Waals surface area contributed by atoms with Crippen molar-refractivity contribution >= 4 is 22.7 Å². The SMILES string of the molecule is Cc1ccsc1-c1nnc(CCN)s1. The monoisotopic (exact) mass is 225 g/mol. The summed E-state index contributed by atoms with van der Waals surface area (Å²) in [5, 5.41) is 12.4. The largest absolute Gasteiger partial charge is 0.330 e. The normalized spacial score (nSPS) is 10.7. The maximum absolute atomic E-state index is 5.46. The van der Waals surface area contributed by atoms with Crippen LogP contribution in [-0.4, -0.2) is 16.7 Å². The van der Waals surface area contributed by atoms with Crippen LogP contribution in [0.25, 0.3) is 9.88 Å². The van der Waals surface area contributed by atoms with E-state index in [0.717, 1.165) is 16.4 Å². The van der Waals surface area contributed by atoms with Crippen LogP contribution >= 0.6 is 22.7 Å². The van der Waals surface area contributed by atoms with E-state index < -0.39 is 0 Å². The number of aromatic nitrogens is 2. The molecular formula is C9H11N3S2. The van der Waals surface area contributed by atoms with E-state index in [9.17, 15) is 0 Å². The smallest absolute Gasteiger partial charge is 0.158 e. The molecule has 14 heavy (non-hydrogen) atoms. The van der Waals surface area contributed by atoms with Crippen molar-refractivity contribution in [3.8, 4) is 9.88 Å². The Morgan fingerprint density at radius 3 is 2.93 bits per heavy atom. The maximum atomic E-state index is 5.46. The summed E-state index contributed by atoms with van der Waals surface area (Å²) in [5.41, 5.74) is 6.73. The first kappa shape index (κ1) is 9.76. The zero-order valence-electron chi connectivity index (χ0n) is 7.86. The Balaban J connectivity index is 2.29. The molecule has 0 aliphatic carbocycles. The second kappa shape index (κ2) is 4.16. The Kier molecular flexibility index (Phi) is 2.90.